The van der Waals surface area contributed by atoms with E-state index >= 15 is 0 Å². The molecule has 19 heavy (non-hydrogen) atoms. The third-order valence-corrected chi connectivity index (χ3v) is 3.25. The third-order valence-electron chi connectivity index (χ3n) is 2.32. The number of nitrogens with one attached hydrogen (secondary N) is 1. The predicted octanol–water partition coefficient (Wildman–Crippen LogP) is 0.604. The summed E-state index contributed by atoms with van der Waals surface area (Å²) in [5.41, 5.74) is 7.45. The molecule has 1 aromatic carbocycles. The van der Waals surface area contributed by atoms with Crippen LogP contribution in [0, 0.1) is 0 Å². The molecule has 0 atom stereocenters. The van der Waals surface area contributed by atoms with Crippen LogP contribution in [0.25, 0.3) is 0 Å². The first-order valence-electron chi connectivity index (χ1n) is 5.74. The van der Waals surface area contributed by atoms with Crippen molar-refractivity contribution >= 4 is 21.5 Å². The Bertz CT molecular complexity index is 541. The second kappa shape index (κ2) is 7.10. The predicted molar refractivity (Wildman–Crippen MR) is 77.0 cm³/mol. The van der Waals surface area contributed by atoms with Gasteiger partial charge in [-0.05, 0) is 6.07 Å². The van der Waals surface area contributed by atoms with Gasteiger partial charge in [0.2, 0.25) is 0 Å². The van der Waals surface area contributed by atoms with Gasteiger partial charge in [-0.1, -0.05) is 18.2 Å². The summed E-state index contributed by atoms with van der Waals surface area (Å²) in [5, 5.41) is 2.93. The lowest BCUT2D eigenvalue weighted by Gasteiger charge is -2.10. The first-order chi connectivity index (χ1) is 8.92. The highest BCUT2D eigenvalue weighted by atomic mass is 32.2. The van der Waals surface area contributed by atoms with E-state index in [4.69, 9.17) is 10.5 Å². The number of rotatable bonds is 6. The summed E-state index contributed by atoms with van der Waals surface area (Å²) in [7, 11) is -1.41. The fourth-order valence-electron chi connectivity index (χ4n) is 1.43. The standard InChI is InChI=1S/C12H19N3O3S/c1-18-9-10-5-3-4-6-11(10)15-12(13)14-7-8-19(2,16)17/h3-6H,7-9H2,1-2H3,(H3,13,14,15). The Morgan fingerprint density at radius 2 is 2.11 bits per heavy atom. The maximum atomic E-state index is 11.0. The topological polar surface area (TPSA) is 93.8 Å². The SMILES string of the molecule is COCc1ccccc1NC(N)=NCCS(C)(=O)=O. The number of sulfone groups is 1. The van der Waals surface area contributed by atoms with Crippen molar-refractivity contribution in [3.63, 3.8) is 0 Å². The zero-order chi connectivity index (χ0) is 14.3. The highest BCUT2D eigenvalue weighted by molar-refractivity contribution is 7.90. The van der Waals surface area contributed by atoms with Crippen molar-refractivity contribution in [3.05, 3.63) is 29.8 Å². The van der Waals surface area contributed by atoms with Gasteiger partial charge in [-0.15, -0.1) is 0 Å². The molecule has 0 aliphatic rings. The maximum Gasteiger partial charge on any atom is 0.193 e. The summed E-state index contributed by atoms with van der Waals surface area (Å²) < 4.78 is 27.0. The van der Waals surface area contributed by atoms with Crippen LogP contribution in [-0.4, -0.2) is 40.0 Å². The van der Waals surface area contributed by atoms with E-state index in [-0.39, 0.29) is 18.3 Å². The van der Waals surface area contributed by atoms with E-state index in [1.165, 1.54) is 6.26 Å². The first-order valence-corrected chi connectivity index (χ1v) is 7.80. The van der Waals surface area contributed by atoms with Crippen LogP contribution in [0.2, 0.25) is 0 Å². The second-order valence-corrected chi connectivity index (χ2v) is 6.37. The highest BCUT2D eigenvalue weighted by Crippen LogP contribution is 2.15. The van der Waals surface area contributed by atoms with E-state index in [1.807, 2.05) is 24.3 Å². The van der Waals surface area contributed by atoms with E-state index in [0.717, 1.165) is 11.3 Å². The monoisotopic (exact) mass is 285 g/mol. The Labute approximate surface area is 113 Å². The van der Waals surface area contributed by atoms with Crippen LogP contribution in [0.15, 0.2) is 29.3 Å². The minimum atomic E-state index is -3.02. The van der Waals surface area contributed by atoms with Gasteiger partial charge in [0, 0.05) is 24.6 Å². The number of nitrogens with zero attached hydrogens (tertiary/aromatic N) is 1. The lowest BCUT2D eigenvalue weighted by Crippen LogP contribution is -2.24. The Balaban J connectivity index is 2.66. The van der Waals surface area contributed by atoms with E-state index in [1.54, 1.807) is 7.11 Å². The molecule has 0 spiro atoms. The van der Waals surface area contributed by atoms with Gasteiger partial charge >= 0.3 is 0 Å². The van der Waals surface area contributed by atoms with Gasteiger partial charge in [-0.3, -0.25) is 4.99 Å². The van der Waals surface area contributed by atoms with Crippen LogP contribution in [0.3, 0.4) is 0 Å². The second-order valence-electron chi connectivity index (χ2n) is 4.11. The van der Waals surface area contributed by atoms with Gasteiger partial charge in [0.25, 0.3) is 0 Å². The molecule has 0 saturated heterocycles. The number of hydrogen-bond donors (Lipinski definition) is 2. The van der Waals surface area contributed by atoms with Crippen LogP contribution in [-0.2, 0) is 21.2 Å². The molecule has 1 aromatic rings. The molecule has 0 aromatic heterocycles. The van der Waals surface area contributed by atoms with Crippen molar-refractivity contribution in [1.82, 2.24) is 0 Å². The number of nitrogens with two attached hydrogens (primary N) is 1. The quantitative estimate of drug-likeness (QED) is 0.590. The molecule has 0 bridgehead atoms. The Kier molecular flexibility index (Phi) is 5.78. The number of anilines is 1. The van der Waals surface area contributed by atoms with Crippen molar-refractivity contribution in [1.29, 1.82) is 0 Å². The molecule has 7 heteroatoms. The molecule has 6 nitrogen and oxygen atoms in total. The molecule has 0 unspecified atom stereocenters. The average Bonchev–Trinajstić information content (AvgIpc) is 2.30. The normalized spacial score (nSPS) is 12.4. The zero-order valence-electron chi connectivity index (χ0n) is 11.1. The molecule has 3 N–H and O–H groups in total. The molecule has 0 saturated carbocycles. The molecule has 0 heterocycles. The molecule has 1 rings (SSSR count). The summed E-state index contributed by atoms with van der Waals surface area (Å²) in [5.74, 6) is 0.168. The van der Waals surface area contributed by atoms with Crippen molar-refractivity contribution in [2.24, 2.45) is 10.7 Å². The largest absolute Gasteiger partial charge is 0.380 e. The van der Waals surface area contributed by atoms with Crippen LogP contribution in [0.4, 0.5) is 5.69 Å². The average molecular weight is 285 g/mol. The molecule has 0 aliphatic carbocycles. The van der Waals surface area contributed by atoms with Crippen molar-refractivity contribution in [2.75, 3.05) is 31.0 Å². The minimum Gasteiger partial charge on any atom is -0.380 e. The van der Waals surface area contributed by atoms with Gasteiger partial charge in [-0.25, -0.2) is 8.42 Å². The number of hydrogen-bond acceptors (Lipinski definition) is 4. The molecule has 0 amide bonds. The number of para-hydroxylation sites is 1. The van der Waals surface area contributed by atoms with Gasteiger partial charge in [0.05, 0.1) is 18.9 Å². The molecular weight excluding hydrogens is 266 g/mol. The van der Waals surface area contributed by atoms with Crippen LogP contribution in [0.1, 0.15) is 5.56 Å². The Morgan fingerprint density at radius 3 is 2.74 bits per heavy atom. The number of benzene rings is 1. The van der Waals surface area contributed by atoms with Crippen molar-refractivity contribution in [2.45, 2.75) is 6.61 Å². The molecular formula is C12H19N3O3S. The van der Waals surface area contributed by atoms with Gasteiger partial charge in [0.15, 0.2) is 5.96 Å². The fraction of sp³-hybridized carbons (Fsp3) is 0.417. The van der Waals surface area contributed by atoms with E-state index in [0.29, 0.717) is 6.61 Å². The number of ether oxygens (including phenoxy) is 1. The van der Waals surface area contributed by atoms with E-state index in [9.17, 15) is 8.42 Å². The molecule has 106 valence electrons. The number of guanidine groups is 1. The summed E-state index contributed by atoms with van der Waals surface area (Å²) in [6.45, 7) is 0.601. The van der Waals surface area contributed by atoms with E-state index < -0.39 is 9.84 Å². The number of aliphatic imine (C=N–C) groups is 1. The Morgan fingerprint density at radius 1 is 1.42 bits per heavy atom. The lowest BCUT2D eigenvalue weighted by molar-refractivity contribution is 0.185. The van der Waals surface area contributed by atoms with Gasteiger partial charge < -0.3 is 15.8 Å². The highest BCUT2D eigenvalue weighted by Gasteiger charge is 2.03. The van der Waals surface area contributed by atoms with Crippen molar-refractivity contribution in [3.8, 4) is 0 Å². The van der Waals surface area contributed by atoms with Crippen LogP contribution in [0.5, 0.6) is 0 Å². The molecule has 0 radical (unpaired) electrons. The Hall–Kier alpha value is -1.60. The lowest BCUT2D eigenvalue weighted by atomic mass is 10.2. The van der Waals surface area contributed by atoms with E-state index in [2.05, 4.69) is 10.3 Å². The summed E-state index contributed by atoms with van der Waals surface area (Å²) in [6, 6.07) is 7.53. The van der Waals surface area contributed by atoms with Gasteiger partial charge in [-0.2, -0.15) is 0 Å². The summed E-state index contributed by atoms with van der Waals surface area (Å²) in [6.07, 6.45) is 1.17. The van der Waals surface area contributed by atoms with Crippen LogP contribution >= 0.6 is 0 Å². The summed E-state index contributed by atoms with van der Waals surface area (Å²) >= 11 is 0. The first kappa shape index (κ1) is 15.5. The smallest absolute Gasteiger partial charge is 0.193 e. The summed E-state index contributed by atoms with van der Waals surface area (Å²) in [4.78, 5) is 3.97. The maximum absolute atomic E-state index is 11.0. The van der Waals surface area contributed by atoms with Crippen LogP contribution < -0.4 is 11.1 Å². The van der Waals surface area contributed by atoms with Gasteiger partial charge in [0.1, 0.15) is 9.84 Å². The fourth-order valence-corrected chi connectivity index (χ4v) is 1.86. The minimum absolute atomic E-state index is 0.0188. The van der Waals surface area contributed by atoms with Crippen molar-refractivity contribution < 1.29 is 13.2 Å². The molecule has 0 fully saturated rings. The third kappa shape index (κ3) is 6.21. The number of methoxy groups -OCH3 is 1. The molecule has 0 aliphatic heterocycles. The zero-order valence-corrected chi connectivity index (χ0v) is 11.9.